The van der Waals surface area contributed by atoms with Crippen LogP contribution in [0.25, 0.3) is 10.8 Å². The van der Waals surface area contributed by atoms with Crippen LogP contribution < -0.4 is 5.32 Å². The first-order valence-corrected chi connectivity index (χ1v) is 11.1. The number of thiazole rings is 1. The summed E-state index contributed by atoms with van der Waals surface area (Å²) in [5.74, 6) is 2.81. The number of anilines is 1. The first-order valence-electron chi connectivity index (χ1n) is 9.15. The maximum Gasteiger partial charge on any atom is 0.267 e. The Morgan fingerprint density at radius 1 is 1.29 bits per heavy atom. The molecule has 1 amide bonds. The van der Waals surface area contributed by atoms with Gasteiger partial charge in [0.25, 0.3) is 5.91 Å². The van der Waals surface area contributed by atoms with Gasteiger partial charge in [-0.25, -0.2) is 9.97 Å². The molecule has 3 aromatic rings. The average molecular weight is 415 g/mol. The summed E-state index contributed by atoms with van der Waals surface area (Å²) in [6.45, 7) is 7.06. The molecule has 1 aliphatic heterocycles. The largest absolute Gasteiger partial charge is 0.321 e. The first-order chi connectivity index (χ1) is 13.6. The SMILES string of the molecule is Cc1nc(-c2ncn[nH]2)sc1C(=O)Nc1cccc(CN2CCSCC2)c1C. The van der Waals surface area contributed by atoms with E-state index >= 15 is 0 Å². The number of carbonyl (C=O) groups excluding carboxylic acids is 1. The van der Waals surface area contributed by atoms with E-state index in [2.05, 4.69) is 43.4 Å². The van der Waals surface area contributed by atoms with E-state index in [0.717, 1.165) is 30.9 Å². The second-order valence-electron chi connectivity index (χ2n) is 6.70. The third kappa shape index (κ3) is 4.11. The summed E-state index contributed by atoms with van der Waals surface area (Å²) in [5, 5.41) is 10.4. The molecule has 9 heteroatoms. The van der Waals surface area contributed by atoms with Gasteiger partial charge in [0, 0.05) is 36.8 Å². The summed E-state index contributed by atoms with van der Waals surface area (Å²) >= 11 is 3.33. The number of amides is 1. The minimum Gasteiger partial charge on any atom is -0.321 e. The van der Waals surface area contributed by atoms with Crippen molar-refractivity contribution in [3.05, 3.63) is 46.2 Å². The van der Waals surface area contributed by atoms with Crippen molar-refractivity contribution in [3.63, 3.8) is 0 Å². The predicted octanol–water partition coefficient (Wildman–Crippen LogP) is 3.35. The Bertz CT molecular complexity index is 963. The Hall–Kier alpha value is -2.23. The first kappa shape index (κ1) is 19.1. The van der Waals surface area contributed by atoms with Crippen LogP contribution >= 0.6 is 23.1 Å². The van der Waals surface area contributed by atoms with Gasteiger partial charge in [-0.15, -0.1) is 11.3 Å². The average Bonchev–Trinajstić information content (AvgIpc) is 3.35. The lowest BCUT2D eigenvalue weighted by Gasteiger charge is -2.27. The number of carbonyl (C=O) groups is 1. The minimum absolute atomic E-state index is 0.143. The Morgan fingerprint density at radius 2 is 2.11 bits per heavy atom. The molecule has 1 aliphatic rings. The zero-order valence-corrected chi connectivity index (χ0v) is 17.5. The molecule has 2 aromatic heterocycles. The third-order valence-corrected chi connectivity index (χ3v) is 6.92. The van der Waals surface area contributed by atoms with Gasteiger partial charge in [-0.1, -0.05) is 12.1 Å². The minimum atomic E-state index is -0.143. The van der Waals surface area contributed by atoms with Gasteiger partial charge in [0.05, 0.1) is 5.69 Å². The van der Waals surface area contributed by atoms with Crippen molar-refractivity contribution < 1.29 is 4.79 Å². The zero-order chi connectivity index (χ0) is 19.5. The maximum atomic E-state index is 12.9. The molecule has 3 heterocycles. The maximum absolute atomic E-state index is 12.9. The number of hydrogen-bond donors (Lipinski definition) is 2. The molecule has 2 N–H and O–H groups in total. The second-order valence-corrected chi connectivity index (χ2v) is 8.92. The molecule has 1 saturated heterocycles. The zero-order valence-electron chi connectivity index (χ0n) is 15.9. The molecule has 0 aliphatic carbocycles. The second kappa shape index (κ2) is 8.42. The van der Waals surface area contributed by atoms with Crippen molar-refractivity contribution in [2.24, 2.45) is 0 Å². The van der Waals surface area contributed by atoms with Gasteiger partial charge >= 0.3 is 0 Å². The summed E-state index contributed by atoms with van der Waals surface area (Å²) in [6.07, 6.45) is 1.43. The lowest BCUT2D eigenvalue weighted by Crippen LogP contribution is -2.32. The van der Waals surface area contributed by atoms with Gasteiger partial charge in [-0.05, 0) is 31.0 Å². The predicted molar refractivity (Wildman–Crippen MR) is 114 cm³/mol. The van der Waals surface area contributed by atoms with Gasteiger partial charge in [-0.2, -0.15) is 16.9 Å². The summed E-state index contributed by atoms with van der Waals surface area (Å²) in [5.41, 5.74) is 3.91. The van der Waals surface area contributed by atoms with Crippen molar-refractivity contribution in [1.29, 1.82) is 0 Å². The molecule has 0 unspecified atom stereocenters. The van der Waals surface area contributed by atoms with E-state index in [0.29, 0.717) is 21.4 Å². The fourth-order valence-electron chi connectivity index (χ4n) is 3.19. The van der Waals surface area contributed by atoms with E-state index in [4.69, 9.17) is 0 Å². The van der Waals surface area contributed by atoms with Crippen molar-refractivity contribution >= 4 is 34.7 Å². The van der Waals surface area contributed by atoms with E-state index in [1.54, 1.807) is 0 Å². The van der Waals surface area contributed by atoms with Crippen LogP contribution in [0.2, 0.25) is 0 Å². The fourth-order valence-corrected chi connectivity index (χ4v) is 5.07. The molecule has 28 heavy (non-hydrogen) atoms. The molecule has 146 valence electrons. The topological polar surface area (TPSA) is 86.8 Å². The van der Waals surface area contributed by atoms with E-state index in [1.165, 1.54) is 34.7 Å². The Morgan fingerprint density at radius 3 is 2.86 bits per heavy atom. The Kier molecular flexibility index (Phi) is 5.74. The monoisotopic (exact) mass is 414 g/mol. The lowest BCUT2D eigenvalue weighted by molar-refractivity contribution is 0.102. The molecule has 0 bridgehead atoms. The summed E-state index contributed by atoms with van der Waals surface area (Å²) in [6, 6.07) is 6.11. The molecule has 0 atom stereocenters. The standard InChI is InChI=1S/C19H22N6OS2/c1-12-14(10-25-6-8-27-9-7-25)4-3-5-15(12)23-18(26)16-13(2)22-19(28-16)17-20-11-21-24-17/h3-5,11H,6-10H2,1-2H3,(H,23,26)(H,20,21,24). The number of nitrogens with one attached hydrogen (secondary N) is 2. The van der Waals surface area contributed by atoms with Crippen LogP contribution in [0.3, 0.4) is 0 Å². The molecule has 1 fully saturated rings. The molecule has 7 nitrogen and oxygen atoms in total. The molecule has 0 radical (unpaired) electrons. The van der Waals surface area contributed by atoms with Gasteiger partial charge in [0.15, 0.2) is 10.8 Å². The van der Waals surface area contributed by atoms with Crippen LogP contribution in [0, 0.1) is 13.8 Å². The van der Waals surface area contributed by atoms with Gasteiger partial charge in [0.2, 0.25) is 0 Å². The number of H-pyrrole nitrogens is 1. The van der Waals surface area contributed by atoms with Crippen LogP contribution in [-0.2, 0) is 6.54 Å². The normalized spacial score (nSPS) is 14.9. The van der Waals surface area contributed by atoms with Crippen molar-refractivity contribution in [3.8, 4) is 10.8 Å². The molecular formula is C19H22N6OS2. The Labute approximate surface area is 172 Å². The molecule has 0 spiro atoms. The van der Waals surface area contributed by atoms with E-state index < -0.39 is 0 Å². The van der Waals surface area contributed by atoms with Gasteiger partial charge in [-0.3, -0.25) is 14.8 Å². The van der Waals surface area contributed by atoms with Crippen LogP contribution in [0.1, 0.15) is 26.5 Å². The van der Waals surface area contributed by atoms with E-state index in [1.807, 2.05) is 30.8 Å². The number of thioether (sulfide) groups is 1. The van der Waals surface area contributed by atoms with Crippen molar-refractivity contribution in [1.82, 2.24) is 25.1 Å². The van der Waals surface area contributed by atoms with Crippen LogP contribution in [0.15, 0.2) is 24.5 Å². The number of benzene rings is 1. The quantitative estimate of drug-likeness (QED) is 0.666. The molecule has 1 aromatic carbocycles. The highest BCUT2D eigenvalue weighted by atomic mass is 32.2. The molecular weight excluding hydrogens is 392 g/mol. The number of aromatic amines is 1. The molecule has 0 saturated carbocycles. The number of nitrogens with zero attached hydrogens (tertiary/aromatic N) is 4. The molecule has 4 rings (SSSR count). The van der Waals surface area contributed by atoms with Crippen LogP contribution in [0.4, 0.5) is 5.69 Å². The van der Waals surface area contributed by atoms with E-state index in [9.17, 15) is 4.79 Å². The van der Waals surface area contributed by atoms with Gasteiger partial charge < -0.3 is 5.32 Å². The number of aryl methyl sites for hydroxylation is 1. The van der Waals surface area contributed by atoms with Crippen LogP contribution in [-0.4, -0.2) is 55.6 Å². The highest BCUT2D eigenvalue weighted by Gasteiger charge is 2.19. The lowest BCUT2D eigenvalue weighted by atomic mass is 10.1. The van der Waals surface area contributed by atoms with Crippen molar-refractivity contribution in [2.75, 3.05) is 29.9 Å². The smallest absolute Gasteiger partial charge is 0.267 e. The summed E-state index contributed by atoms with van der Waals surface area (Å²) in [7, 11) is 0. The summed E-state index contributed by atoms with van der Waals surface area (Å²) in [4.78, 5) is 24.5. The third-order valence-electron chi connectivity index (χ3n) is 4.81. The van der Waals surface area contributed by atoms with Crippen LogP contribution in [0.5, 0.6) is 0 Å². The highest BCUT2D eigenvalue weighted by molar-refractivity contribution is 7.99. The number of hydrogen-bond acceptors (Lipinski definition) is 7. The fraction of sp³-hybridized carbons (Fsp3) is 0.368. The number of aromatic nitrogens is 4. The summed E-state index contributed by atoms with van der Waals surface area (Å²) < 4.78 is 0. The Balaban J connectivity index is 1.51. The highest BCUT2D eigenvalue weighted by Crippen LogP contribution is 2.27. The van der Waals surface area contributed by atoms with Gasteiger partial charge in [0.1, 0.15) is 11.2 Å². The van der Waals surface area contributed by atoms with Crippen molar-refractivity contribution in [2.45, 2.75) is 20.4 Å². The van der Waals surface area contributed by atoms with E-state index in [-0.39, 0.29) is 5.91 Å². The number of rotatable bonds is 5.